The lowest BCUT2D eigenvalue weighted by Crippen LogP contribution is -2.53. The molecule has 0 fully saturated rings. The molecule has 0 aliphatic carbocycles. The van der Waals surface area contributed by atoms with Gasteiger partial charge in [0.25, 0.3) is 0 Å². The molecule has 3 aromatic rings. The number of urea groups is 1. The smallest absolute Gasteiger partial charge is 0.319 e. The van der Waals surface area contributed by atoms with Crippen molar-refractivity contribution in [3.63, 3.8) is 0 Å². The van der Waals surface area contributed by atoms with Crippen LogP contribution in [0.4, 0.5) is 16.2 Å². The maximum atomic E-state index is 13.9. The summed E-state index contributed by atoms with van der Waals surface area (Å²) in [6.07, 6.45) is 0.360. The van der Waals surface area contributed by atoms with E-state index < -0.39 is 17.6 Å². The van der Waals surface area contributed by atoms with E-state index in [1.54, 1.807) is 0 Å². The molecule has 7 nitrogen and oxygen atoms in total. The molecule has 4 amide bonds. The van der Waals surface area contributed by atoms with E-state index in [1.165, 1.54) is 4.90 Å². The summed E-state index contributed by atoms with van der Waals surface area (Å²) in [5.74, 6) is -0.743. The minimum absolute atomic E-state index is 0.147. The van der Waals surface area contributed by atoms with E-state index in [0.717, 1.165) is 16.7 Å². The SMILES string of the molecule is Cc1ccccc1NC(=O)N[C@@H]1C[C@H](c2ccccc2)c2ccccc2N(CC(=O)NC(C)(C)C)C1=O. The molecule has 1 aliphatic heterocycles. The molecule has 7 heteroatoms. The molecule has 1 aliphatic rings. The molecule has 4 rings (SSSR count). The number of nitrogens with one attached hydrogen (secondary N) is 3. The van der Waals surface area contributed by atoms with Gasteiger partial charge in [0.05, 0.1) is 0 Å². The van der Waals surface area contributed by atoms with E-state index in [1.807, 2.05) is 107 Å². The van der Waals surface area contributed by atoms with Crippen molar-refractivity contribution in [2.75, 3.05) is 16.8 Å². The highest BCUT2D eigenvalue weighted by molar-refractivity contribution is 6.05. The lowest BCUT2D eigenvalue weighted by atomic mass is 9.86. The summed E-state index contributed by atoms with van der Waals surface area (Å²) in [6, 6.07) is 23.7. The number of amides is 4. The van der Waals surface area contributed by atoms with Crippen LogP contribution in [0, 0.1) is 6.92 Å². The minimum Gasteiger partial charge on any atom is -0.350 e. The molecule has 0 saturated heterocycles. The van der Waals surface area contributed by atoms with Gasteiger partial charge >= 0.3 is 6.03 Å². The molecule has 0 bridgehead atoms. The number of nitrogens with zero attached hydrogens (tertiary/aromatic N) is 1. The largest absolute Gasteiger partial charge is 0.350 e. The summed E-state index contributed by atoms with van der Waals surface area (Å²) in [5.41, 5.74) is 3.80. The Morgan fingerprint density at radius 3 is 2.27 bits per heavy atom. The minimum atomic E-state index is -0.843. The third-order valence-electron chi connectivity index (χ3n) is 6.36. The van der Waals surface area contributed by atoms with Crippen LogP contribution in [0.15, 0.2) is 78.9 Å². The van der Waals surface area contributed by atoms with Crippen LogP contribution in [0.2, 0.25) is 0 Å². The number of para-hydroxylation sites is 2. The Morgan fingerprint density at radius 2 is 1.57 bits per heavy atom. The lowest BCUT2D eigenvalue weighted by molar-refractivity contribution is -0.125. The van der Waals surface area contributed by atoms with Gasteiger partial charge in [0.1, 0.15) is 12.6 Å². The average molecular weight is 499 g/mol. The topological polar surface area (TPSA) is 90.5 Å². The molecule has 0 saturated carbocycles. The summed E-state index contributed by atoms with van der Waals surface area (Å²) in [4.78, 5) is 41.4. The Labute approximate surface area is 218 Å². The van der Waals surface area contributed by atoms with E-state index in [-0.39, 0.29) is 24.3 Å². The molecule has 3 N–H and O–H groups in total. The molecule has 0 unspecified atom stereocenters. The predicted molar refractivity (Wildman–Crippen MR) is 147 cm³/mol. The Hall–Kier alpha value is -4.13. The van der Waals surface area contributed by atoms with Crippen LogP contribution in [0.25, 0.3) is 0 Å². The Kier molecular flexibility index (Phi) is 7.62. The van der Waals surface area contributed by atoms with Crippen LogP contribution < -0.4 is 20.9 Å². The number of benzene rings is 3. The third-order valence-corrected chi connectivity index (χ3v) is 6.36. The molecular weight excluding hydrogens is 464 g/mol. The van der Waals surface area contributed by atoms with Crippen LogP contribution in [-0.4, -0.2) is 36.0 Å². The lowest BCUT2D eigenvalue weighted by Gasteiger charge is -2.28. The first-order valence-electron chi connectivity index (χ1n) is 12.5. The van der Waals surface area contributed by atoms with Gasteiger partial charge in [0.2, 0.25) is 11.8 Å². The fourth-order valence-electron chi connectivity index (χ4n) is 4.71. The number of fused-ring (bicyclic) bond motifs is 1. The summed E-state index contributed by atoms with van der Waals surface area (Å²) in [7, 11) is 0. The van der Waals surface area contributed by atoms with Gasteiger partial charge in [-0.25, -0.2) is 4.79 Å². The van der Waals surface area contributed by atoms with Crippen LogP contribution >= 0.6 is 0 Å². The zero-order chi connectivity index (χ0) is 26.6. The molecule has 37 heavy (non-hydrogen) atoms. The van der Waals surface area contributed by atoms with Crippen LogP contribution in [-0.2, 0) is 9.59 Å². The first kappa shape index (κ1) is 25.9. The molecule has 0 spiro atoms. The molecule has 2 atom stereocenters. The maximum Gasteiger partial charge on any atom is 0.319 e. The average Bonchev–Trinajstić information content (AvgIpc) is 2.96. The fourth-order valence-corrected chi connectivity index (χ4v) is 4.71. The van der Waals surface area contributed by atoms with Gasteiger partial charge in [-0.2, -0.15) is 0 Å². The number of hydrogen-bond acceptors (Lipinski definition) is 3. The van der Waals surface area contributed by atoms with Crippen molar-refractivity contribution in [2.45, 2.75) is 51.6 Å². The van der Waals surface area contributed by atoms with Crippen LogP contribution in [0.3, 0.4) is 0 Å². The van der Waals surface area contributed by atoms with Crippen molar-refractivity contribution in [2.24, 2.45) is 0 Å². The molecule has 3 aromatic carbocycles. The van der Waals surface area contributed by atoms with E-state index >= 15 is 0 Å². The molecular formula is C30H34N4O3. The monoisotopic (exact) mass is 498 g/mol. The third kappa shape index (κ3) is 6.36. The van der Waals surface area contributed by atoms with Gasteiger partial charge in [-0.3, -0.25) is 9.59 Å². The second-order valence-electron chi connectivity index (χ2n) is 10.4. The Morgan fingerprint density at radius 1 is 0.919 bits per heavy atom. The summed E-state index contributed by atoms with van der Waals surface area (Å²) in [5, 5.41) is 8.70. The second-order valence-corrected chi connectivity index (χ2v) is 10.4. The quantitative estimate of drug-likeness (QED) is 0.464. The normalized spacial score (nSPS) is 17.4. The highest BCUT2D eigenvalue weighted by Crippen LogP contribution is 2.39. The van der Waals surface area contributed by atoms with Gasteiger partial charge in [-0.05, 0) is 62.9 Å². The Bertz CT molecular complexity index is 1280. The number of rotatable bonds is 5. The van der Waals surface area contributed by atoms with E-state index in [0.29, 0.717) is 17.8 Å². The summed E-state index contributed by atoms with van der Waals surface area (Å²) in [6.45, 7) is 7.45. The fraction of sp³-hybridized carbons (Fsp3) is 0.300. The number of carbonyl (C=O) groups is 3. The van der Waals surface area contributed by atoms with Crippen LogP contribution in [0.1, 0.15) is 49.8 Å². The van der Waals surface area contributed by atoms with Crippen molar-refractivity contribution in [3.05, 3.63) is 95.6 Å². The zero-order valence-electron chi connectivity index (χ0n) is 21.7. The maximum absolute atomic E-state index is 13.9. The highest BCUT2D eigenvalue weighted by Gasteiger charge is 2.37. The van der Waals surface area contributed by atoms with Crippen molar-refractivity contribution in [3.8, 4) is 0 Å². The van der Waals surface area contributed by atoms with E-state index in [2.05, 4.69) is 16.0 Å². The van der Waals surface area contributed by atoms with Gasteiger partial charge in [0.15, 0.2) is 0 Å². The standard InChI is InChI=1S/C30H34N4O3/c1-20-12-8-10-16-24(20)31-29(37)32-25-18-23(21-13-6-5-7-14-21)22-15-9-11-17-26(22)34(28(25)36)19-27(35)33-30(2,3)4/h5-17,23,25H,18-19H2,1-4H3,(H,33,35)(H2,31,32,37)/t23-,25-/m1/s1. The number of hydrogen-bond donors (Lipinski definition) is 3. The van der Waals surface area contributed by atoms with E-state index in [9.17, 15) is 14.4 Å². The Balaban J connectivity index is 1.70. The molecule has 0 radical (unpaired) electrons. The van der Waals surface area contributed by atoms with Gasteiger partial charge in [-0.15, -0.1) is 0 Å². The van der Waals surface area contributed by atoms with Crippen molar-refractivity contribution < 1.29 is 14.4 Å². The van der Waals surface area contributed by atoms with Gasteiger partial charge in [-0.1, -0.05) is 66.7 Å². The van der Waals surface area contributed by atoms with Gasteiger partial charge in [0, 0.05) is 22.8 Å². The van der Waals surface area contributed by atoms with Crippen molar-refractivity contribution in [1.82, 2.24) is 10.6 Å². The summed E-state index contributed by atoms with van der Waals surface area (Å²) >= 11 is 0. The number of aryl methyl sites for hydroxylation is 1. The first-order chi connectivity index (χ1) is 17.6. The number of anilines is 2. The molecule has 1 heterocycles. The first-order valence-corrected chi connectivity index (χ1v) is 12.5. The second kappa shape index (κ2) is 10.9. The molecule has 0 aromatic heterocycles. The number of carbonyl (C=O) groups excluding carboxylic acids is 3. The van der Waals surface area contributed by atoms with Crippen LogP contribution in [0.5, 0.6) is 0 Å². The van der Waals surface area contributed by atoms with Crippen molar-refractivity contribution in [1.29, 1.82) is 0 Å². The summed E-state index contributed by atoms with van der Waals surface area (Å²) < 4.78 is 0. The zero-order valence-corrected chi connectivity index (χ0v) is 21.7. The molecule has 192 valence electrons. The highest BCUT2D eigenvalue weighted by atomic mass is 16.2. The van der Waals surface area contributed by atoms with E-state index in [4.69, 9.17) is 0 Å². The van der Waals surface area contributed by atoms with Crippen molar-refractivity contribution >= 4 is 29.2 Å². The predicted octanol–water partition coefficient (Wildman–Crippen LogP) is 4.97. The van der Waals surface area contributed by atoms with Gasteiger partial charge < -0.3 is 20.9 Å².